The Labute approximate surface area is 57.1 Å². The van der Waals surface area contributed by atoms with Crippen molar-refractivity contribution in [3.63, 3.8) is 0 Å². The highest BCUT2D eigenvalue weighted by Gasteiger charge is 2.05. The summed E-state index contributed by atoms with van der Waals surface area (Å²) in [5, 5.41) is 9.13. The quantitative estimate of drug-likeness (QED) is 0.550. The SMILES string of the molecule is [CH2]C#CCC(O)C(C)C. The van der Waals surface area contributed by atoms with E-state index < -0.39 is 0 Å². The predicted molar refractivity (Wildman–Crippen MR) is 38.6 cm³/mol. The minimum atomic E-state index is -0.292. The second-order valence-corrected chi connectivity index (χ2v) is 2.37. The zero-order valence-corrected chi connectivity index (χ0v) is 6.02. The molecule has 1 nitrogen and oxygen atoms in total. The first-order valence-electron chi connectivity index (χ1n) is 3.11. The summed E-state index contributed by atoms with van der Waals surface area (Å²) in [5.41, 5.74) is 0. The molecule has 0 bridgehead atoms. The van der Waals surface area contributed by atoms with E-state index in [2.05, 4.69) is 18.8 Å². The van der Waals surface area contributed by atoms with Crippen LogP contribution in [0.4, 0.5) is 0 Å². The lowest BCUT2D eigenvalue weighted by molar-refractivity contribution is 0.130. The summed E-state index contributed by atoms with van der Waals surface area (Å²) in [6, 6.07) is 0. The highest BCUT2D eigenvalue weighted by Crippen LogP contribution is 2.03. The molecule has 51 valence electrons. The fraction of sp³-hybridized carbons (Fsp3) is 0.625. The average molecular weight is 125 g/mol. The molecule has 0 fully saturated rings. The van der Waals surface area contributed by atoms with Crippen molar-refractivity contribution < 1.29 is 5.11 Å². The van der Waals surface area contributed by atoms with Gasteiger partial charge in [0.25, 0.3) is 0 Å². The summed E-state index contributed by atoms with van der Waals surface area (Å²) in [4.78, 5) is 0. The third-order valence-corrected chi connectivity index (χ3v) is 1.21. The van der Waals surface area contributed by atoms with Gasteiger partial charge in [0.2, 0.25) is 0 Å². The molecule has 0 aliphatic carbocycles. The van der Waals surface area contributed by atoms with Crippen molar-refractivity contribution in [2.24, 2.45) is 5.92 Å². The Kier molecular flexibility index (Phi) is 4.17. The molecule has 0 aliphatic rings. The molecule has 0 aromatic carbocycles. The largest absolute Gasteiger partial charge is 0.392 e. The van der Waals surface area contributed by atoms with Crippen LogP contribution in [0.5, 0.6) is 0 Å². The molecule has 0 aromatic heterocycles. The first kappa shape index (κ1) is 8.52. The second-order valence-electron chi connectivity index (χ2n) is 2.37. The average Bonchev–Trinajstić information content (AvgIpc) is 1.82. The summed E-state index contributed by atoms with van der Waals surface area (Å²) in [6.45, 7) is 7.28. The molecule has 1 unspecified atom stereocenters. The number of hydrogen-bond acceptors (Lipinski definition) is 1. The van der Waals surface area contributed by atoms with Gasteiger partial charge in [-0.1, -0.05) is 13.8 Å². The monoisotopic (exact) mass is 125 g/mol. The van der Waals surface area contributed by atoms with Crippen molar-refractivity contribution >= 4 is 0 Å². The van der Waals surface area contributed by atoms with Crippen LogP contribution in [0.2, 0.25) is 0 Å². The molecule has 0 amide bonds. The van der Waals surface area contributed by atoms with Gasteiger partial charge in [-0.15, -0.1) is 11.8 Å². The molecular weight excluding hydrogens is 112 g/mol. The molecule has 0 aliphatic heterocycles. The van der Waals surface area contributed by atoms with Crippen LogP contribution in [0.1, 0.15) is 20.3 Å². The predicted octanol–water partition coefficient (Wildman–Crippen LogP) is 1.23. The maximum Gasteiger partial charge on any atom is 0.0672 e. The highest BCUT2D eigenvalue weighted by atomic mass is 16.3. The summed E-state index contributed by atoms with van der Waals surface area (Å²) in [7, 11) is 0. The van der Waals surface area contributed by atoms with Gasteiger partial charge < -0.3 is 5.11 Å². The van der Waals surface area contributed by atoms with Gasteiger partial charge in [0.05, 0.1) is 6.10 Å². The van der Waals surface area contributed by atoms with Crippen molar-refractivity contribution in [3.05, 3.63) is 6.92 Å². The zero-order chi connectivity index (χ0) is 7.28. The Morgan fingerprint density at radius 3 is 2.44 bits per heavy atom. The maximum atomic E-state index is 9.13. The molecule has 1 N–H and O–H groups in total. The normalized spacial score (nSPS) is 12.6. The maximum absolute atomic E-state index is 9.13. The minimum absolute atomic E-state index is 0.292. The second kappa shape index (κ2) is 4.40. The van der Waals surface area contributed by atoms with E-state index in [1.807, 2.05) is 13.8 Å². The van der Waals surface area contributed by atoms with Gasteiger partial charge in [0, 0.05) is 13.3 Å². The van der Waals surface area contributed by atoms with E-state index in [0.29, 0.717) is 12.3 Å². The lowest BCUT2D eigenvalue weighted by atomic mass is 10.1. The van der Waals surface area contributed by atoms with Gasteiger partial charge >= 0.3 is 0 Å². The first-order valence-corrected chi connectivity index (χ1v) is 3.11. The van der Waals surface area contributed by atoms with Crippen LogP contribution >= 0.6 is 0 Å². The van der Waals surface area contributed by atoms with Crippen molar-refractivity contribution in [1.82, 2.24) is 0 Å². The van der Waals surface area contributed by atoms with Crippen LogP contribution in [0.3, 0.4) is 0 Å². The number of aliphatic hydroxyl groups excluding tert-OH is 1. The van der Waals surface area contributed by atoms with Gasteiger partial charge in [-0.2, -0.15) is 0 Å². The summed E-state index contributed by atoms with van der Waals surface area (Å²) in [6.07, 6.45) is 0.250. The van der Waals surface area contributed by atoms with Crippen LogP contribution in [0, 0.1) is 24.7 Å². The van der Waals surface area contributed by atoms with Crippen LogP contribution in [0.15, 0.2) is 0 Å². The molecule has 1 heteroatoms. The highest BCUT2D eigenvalue weighted by molar-refractivity contribution is 5.02. The number of hydrogen-bond donors (Lipinski definition) is 1. The lowest BCUT2D eigenvalue weighted by Gasteiger charge is -2.09. The van der Waals surface area contributed by atoms with E-state index in [9.17, 15) is 0 Å². The molecule has 0 saturated carbocycles. The van der Waals surface area contributed by atoms with E-state index in [-0.39, 0.29) is 6.10 Å². The minimum Gasteiger partial charge on any atom is -0.392 e. The Morgan fingerprint density at radius 1 is 1.56 bits per heavy atom. The molecule has 0 rings (SSSR count). The smallest absolute Gasteiger partial charge is 0.0672 e. The molecule has 9 heavy (non-hydrogen) atoms. The van der Waals surface area contributed by atoms with Crippen molar-refractivity contribution in [2.75, 3.05) is 0 Å². The summed E-state index contributed by atoms with van der Waals surface area (Å²) < 4.78 is 0. The molecule has 1 radical (unpaired) electrons. The molecule has 0 heterocycles. The van der Waals surface area contributed by atoms with Crippen molar-refractivity contribution in [1.29, 1.82) is 0 Å². The summed E-state index contributed by atoms with van der Waals surface area (Å²) in [5.74, 6) is 5.51. The van der Waals surface area contributed by atoms with Gasteiger partial charge in [0.1, 0.15) is 0 Å². The molecule has 0 aromatic rings. The van der Waals surface area contributed by atoms with Gasteiger partial charge in [0.15, 0.2) is 0 Å². The summed E-state index contributed by atoms with van der Waals surface area (Å²) >= 11 is 0. The van der Waals surface area contributed by atoms with E-state index in [4.69, 9.17) is 5.11 Å². The Hall–Kier alpha value is -0.480. The third kappa shape index (κ3) is 4.05. The van der Waals surface area contributed by atoms with Crippen LogP contribution < -0.4 is 0 Å². The number of rotatable bonds is 2. The van der Waals surface area contributed by atoms with Crippen molar-refractivity contribution in [2.45, 2.75) is 26.4 Å². The first-order chi connectivity index (χ1) is 4.18. The Morgan fingerprint density at radius 2 is 2.11 bits per heavy atom. The van der Waals surface area contributed by atoms with E-state index in [1.54, 1.807) is 0 Å². The van der Waals surface area contributed by atoms with Crippen LogP contribution in [0.25, 0.3) is 0 Å². The third-order valence-electron chi connectivity index (χ3n) is 1.21. The lowest BCUT2D eigenvalue weighted by Crippen LogP contribution is -2.12. The van der Waals surface area contributed by atoms with E-state index in [1.165, 1.54) is 0 Å². The van der Waals surface area contributed by atoms with Crippen LogP contribution in [-0.4, -0.2) is 11.2 Å². The van der Waals surface area contributed by atoms with E-state index >= 15 is 0 Å². The molecular formula is C8H13O. The fourth-order valence-electron chi connectivity index (χ4n) is 0.412. The van der Waals surface area contributed by atoms with E-state index in [0.717, 1.165) is 0 Å². The van der Waals surface area contributed by atoms with Gasteiger partial charge in [-0.25, -0.2) is 0 Å². The fourth-order valence-corrected chi connectivity index (χ4v) is 0.412. The molecule has 1 atom stereocenters. The van der Waals surface area contributed by atoms with Gasteiger partial charge in [-0.05, 0) is 5.92 Å². The Balaban J connectivity index is 3.46. The molecule has 0 spiro atoms. The zero-order valence-electron chi connectivity index (χ0n) is 6.02. The topological polar surface area (TPSA) is 20.2 Å². The van der Waals surface area contributed by atoms with Gasteiger partial charge in [-0.3, -0.25) is 0 Å². The standard InChI is InChI=1S/C8H13O/c1-4-5-6-8(9)7(2)3/h7-9H,1,6H2,2-3H3. The van der Waals surface area contributed by atoms with Crippen molar-refractivity contribution in [3.8, 4) is 11.8 Å². The van der Waals surface area contributed by atoms with Crippen LogP contribution in [-0.2, 0) is 0 Å². The Bertz CT molecular complexity index is 116. The number of aliphatic hydroxyl groups is 1. The molecule has 0 saturated heterocycles.